The Balaban J connectivity index is 2.16. The quantitative estimate of drug-likeness (QED) is 0.531. The minimum atomic E-state index is -0.103. The second-order valence-electron chi connectivity index (χ2n) is 2.53. The number of carbonyl (C=O) groups excluding carboxylic acids is 1. The van der Waals surface area contributed by atoms with Gasteiger partial charge < -0.3 is 0 Å². The van der Waals surface area contributed by atoms with Gasteiger partial charge in [-0.05, 0) is 34.7 Å². The van der Waals surface area contributed by atoms with Gasteiger partial charge in [0.2, 0.25) is 5.78 Å². The fraction of sp³-hybridized carbons (Fsp3) is 0. The van der Waals surface area contributed by atoms with Crippen molar-refractivity contribution in [2.24, 2.45) is 0 Å². The maximum atomic E-state index is 11.4. The Morgan fingerprint density at radius 1 is 1.14 bits per heavy atom. The standard InChI is InChI=1S/C11H6OS2/c12-10(11-4-2-8-14-11)6-5-9-3-1-7-13-9/h1-4,7-8H. The molecule has 14 heavy (non-hydrogen) atoms. The summed E-state index contributed by atoms with van der Waals surface area (Å²) in [6, 6.07) is 7.46. The lowest BCUT2D eigenvalue weighted by molar-refractivity contribution is 0.106. The van der Waals surface area contributed by atoms with Crippen molar-refractivity contribution < 1.29 is 4.79 Å². The number of Topliss-reactive ketones (excluding diaryl/α,β-unsaturated/α-hetero) is 1. The van der Waals surface area contributed by atoms with Crippen LogP contribution in [0.3, 0.4) is 0 Å². The highest BCUT2D eigenvalue weighted by Crippen LogP contribution is 2.09. The van der Waals surface area contributed by atoms with Crippen LogP contribution in [0.2, 0.25) is 0 Å². The van der Waals surface area contributed by atoms with Crippen LogP contribution >= 0.6 is 22.7 Å². The molecule has 0 aliphatic heterocycles. The number of ketones is 1. The average Bonchev–Trinajstić information content (AvgIpc) is 2.87. The molecule has 0 bridgehead atoms. The SMILES string of the molecule is O=C(C#Cc1cccs1)c1cccs1. The first-order chi connectivity index (χ1) is 6.86. The molecule has 3 heteroatoms. The highest BCUT2D eigenvalue weighted by molar-refractivity contribution is 7.12. The van der Waals surface area contributed by atoms with Crippen molar-refractivity contribution in [3.05, 3.63) is 44.8 Å². The summed E-state index contributed by atoms with van der Waals surface area (Å²) in [5, 5.41) is 3.82. The zero-order valence-electron chi connectivity index (χ0n) is 7.19. The van der Waals surface area contributed by atoms with Gasteiger partial charge in [-0.25, -0.2) is 0 Å². The Hall–Kier alpha value is -1.37. The summed E-state index contributed by atoms with van der Waals surface area (Å²) in [6.07, 6.45) is 0. The van der Waals surface area contributed by atoms with Crippen molar-refractivity contribution in [2.45, 2.75) is 0 Å². The molecule has 0 aromatic carbocycles. The third-order valence-corrected chi connectivity index (χ3v) is 3.22. The molecule has 0 atom stereocenters. The lowest BCUT2D eigenvalue weighted by atomic mass is 10.3. The summed E-state index contributed by atoms with van der Waals surface area (Å²) in [4.78, 5) is 13.1. The van der Waals surface area contributed by atoms with Crippen LogP contribution in [0.5, 0.6) is 0 Å². The second-order valence-corrected chi connectivity index (χ2v) is 4.43. The molecule has 68 valence electrons. The third-order valence-electron chi connectivity index (χ3n) is 1.57. The molecule has 2 aromatic heterocycles. The Kier molecular flexibility index (Phi) is 2.78. The molecular formula is C11H6OS2. The summed E-state index contributed by atoms with van der Waals surface area (Å²) < 4.78 is 0. The van der Waals surface area contributed by atoms with Crippen LogP contribution in [-0.4, -0.2) is 5.78 Å². The summed E-state index contributed by atoms with van der Waals surface area (Å²) in [7, 11) is 0. The zero-order chi connectivity index (χ0) is 9.80. The minimum absolute atomic E-state index is 0.103. The maximum absolute atomic E-state index is 11.4. The van der Waals surface area contributed by atoms with Crippen molar-refractivity contribution in [3.63, 3.8) is 0 Å². The maximum Gasteiger partial charge on any atom is 0.246 e. The van der Waals surface area contributed by atoms with Gasteiger partial charge in [0.1, 0.15) is 0 Å². The zero-order valence-corrected chi connectivity index (χ0v) is 8.82. The van der Waals surface area contributed by atoms with E-state index in [1.807, 2.05) is 29.0 Å². The van der Waals surface area contributed by atoms with E-state index < -0.39 is 0 Å². The molecular weight excluding hydrogens is 212 g/mol. The van der Waals surface area contributed by atoms with E-state index >= 15 is 0 Å². The molecule has 0 aliphatic rings. The lowest BCUT2D eigenvalue weighted by Crippen LogP contribution is -1.89. The molecule has 0 saturated heterocycles. The minimum Gasteiger partial charge on any atom is -0.278 e. The monoisotopic (exact) mass is 218 g/mol. The van der Waals surface area contributed by atoms with Crippen molar-refractivity contribution in [2.75, 3.05) is 0 Å². The van der Waals surface area contributed by atoms with Crippen LogP contribution in [0.4, 0.5) is 0 Å². The van der Waals surface area contributed by atoms with E-state index in [0.717, 1.165) is 4.88 Å². The van der Waals surface area contributed by atoms with Crippen LogP contribution in [0.1, 0.15) is 14.5 Å². The van der Waals surface area contributed by atoms with Gasteiger partial charge in [0.15, 0.2) is 0 Å². The Bertz CT molecular complexity index is 469. The van der Waals surface area contributed by atoms with Gasteiger partial charge in [-0.1, -0.05) is 12.1 Å². The van der Waals surface area contributed by atoms with Gasteiger partial charge in [-0.2, -0.15) is 0 Å². The third kappa shape index (κ3) is 2.11. The fourth-order valence-electron chi connectivity index (χ4n) is 0.937. The molecule has 0 spiro atoms. The fourth-order valence-corrected chi connectivity index (χ4v) is 2.13. The molecule has 0 saturated carbocycles. The largest absolute Gasteiger partial charge is 0.278 e. The number of carbonyl (C=O) groups is 1. The topological polar surface area (TPSA) is 17.1 Å². The molecule has 0 aliphatic carbocycles. The van der Waals surface area contributed by atoms with E-state index in [4.69, 9.17) is 0 Å². The summed E-state index contributed by atoms with van der Waals surface area (Å²) in [6.45, 7) is 0. The van der Waals surface area contributed by atoms with Crippen molar-refractivity contribution >= 4 is 28.5 Å². The molecule has 0 N–H and O–H groups in total. The van der Waals surface area contributed by atoms with E-state index in [-0.39, 0.29) is 5.78 Å². The van der Waals surface area contributed by atoms with Gasteiger partial charge in [-0.3, -0.25) is 4.79 Å². The van der Waals surface area contributed by atoms with Crippen LogP contribution in [0.25, 0.3) is 0 Å². The summed E-state index contributed by atoms with van der Waals surface area (Å²) >= 11 is 2.96. The Morgan fingerprint density at radius 3 is 2.57 bits per heavy atom. The highest BCUT2D eigenvalue weighted by atomic mass is 32.1. The molecule has 0 unspecified atom stereocenters. The summed E-state index contributed by atoms with van der Waals surface area (Å²) in [5.41, 5.74) is 0. The van der Waals surface area contributed by atoms with E-state index in [2.05, 4.69) is 11.8 Å². The number of rotatable bonds is 1. The van der Waals surface area contributed by atoms with Gasteiger partial charge >= 0.3 is 0 Å². The molecule has 2 heterocycles. The van der Waals surface area contributed by atoms with E-state index in [1.54, 1.807) is 6.07 Å². The van der Waals surface area contributed by atoms with Gasteiger partial charge in [0.25, 0.3) is 0 Å². The number of hydrogen-bond donors (Lipinski definition) is 0. The lowest BCUT2D eigenvalue weighted by Gasteiger charge is -1.82. The summed E-state index contributed by atoms with van der Waals surface area (Å²) in [5.74, 6) is 5.35. The molecule has 0 fully saturated rings. The molecule has 2 aromatic rings. The van der Waals surface area contributed by atoms with Gasteiger partial charge in [-0.15, -0.1) is 22.7 Å². The molecule has 0 radical (unpaired) electrons. The Morgan fingerprint density at radius 2 is 1.93 bits per heavy atom. The van der Waals surface area contributed by atoms with Crippen LogP contribution in [0, 0.1) is 11.8 Å². The van der Waals surface area contributed by atoms with Crippen LogP contribution < -0.4 is 0 Å². The second kappa shape index (κ2) is 4.23. The molecule has 0 amide bonds. The first-order valence-electron chi connectivity index (χ1n) is 3.99. The van der Waals surface area contributed by atoms with Crippen LogP contribution in [-0.2, 0) is 0 Å². The normalized spacial score (nSPS) is 9.14. The van der Waals surface area contributed by atoms with Gasteiger partial charge in [0.05, 0.1) is 9.75 Å². The van der Waals surface area contributed by atoms with E-state index in [0.29, 0.717) is 4.88 Å². The van der Waals surface area contributed by atoms with E-state index in [9.17, 15) is 4.79 Å². The van der Waals surface area contributed by atoms with Crippen molar-refractivity contribution in [3.8, 4) is 11.8 Å². The Labute approximate surface area is 90.0 Å². The van der Waals surface area contributed by atoms with Gasteiger partial charge in [0, 0.05) is 0 Å². The first-order valence-corrected chi connectivity index (χ1v) is 5.75. The van der Waals surface area contributed by atoms with Crippen molar-refractivity contribution in [1.82, 2.24) is 0 Å². The average molecular weight is 218 g/mol. The first kappa shape index (κ1) is 9.20. The number of hydrogen-bond acceptors (Lipinski definition) is 3. The predicted molar refractivity (Wildman–Crippen MR) is 59.8 cm³/mol. The highest BCUT2D eigenvalue weighted by Gasteiger charge is 2.01. The van der Waals surface area contributed by atoms with Crippen LogP contribution in [0.15, 0.2) is 35.0 Å². The molecule has 1 nitrogen and oxygen atoms in total. The predicted octanol–water partition coefficient (Wildman–Crippen LogP) is 3.04. The number of thiophene rings is 2. The van der Waals surface area contributed by atoms with E-state index in [1.165, 1.54) is 22.7 Å². The van der Waals surface area contributed by atoms with Crippen molar-refractivity contribution in [1.29, 1.82) is 0 Å². The smallest absolute Gasteiger partial charge is 0.246 e. The molecule has 2 rings (SSSR count).